The Morgan fingerprint density at radius 1 is 0.923 bits per heavy atom. The Morgan fingerprint density at radius 2 is 1.62 bits per heavy atom. The summed E-state index contributed by atoms with van der Waals surface area (Å²) in [5.41, 5.74) is 5.14. The molecule has 0 saturated heterocycles. The van der Waals surface area contributed by atoms with Gasteiger partial charge in [-0.25, -0.2) is 4.68 Å². The number of fused-ring (bicyclic) bond motifs is 3. The van der Waals surface area contributed by atoms with Crippen molar-refractivity contribution >= 4 is 5.69 Å². The average molecular weight is 351 g/mol. The number of hydrogen-bond acceptors (Lipinski definition) is 5. The number of anilines is 1. The fourth-order valence-electron chi connectivity index (χ4n) is 3.43. The van der Waals surface area contributed by atoms with Crippen LogP contribution < -0.4 is 19.5 Å². The molecule has 2 aromatic carbocycles. The van der Waals surface area contributed by atoms with E-state index < -0.39 is 0 Å². The molecular formula is C20H21N3O3. The highest BCUT2D eigenvalue weighted by atomic mass is 16.5. The van der Waals surface area contributed by atoms with E-state index in [0.29, 0.717) is 17.2 Å². The largest absolute Gasteiger partial charge is 0.496 e. The van der Waals surface area contributed by atoms with Gasteiger partial charge < -0.3 is 19.5 Å². The zero-order valence-corrected chi connectivity index (χ0v) is 15.2. The third kappa shape index (κ3) is 2.45. The lowest BCUT2D eigenvalue weighted by Crippen LogP contribution is -2.26. The molecule has 1 atom stereocenters. The summed E-state index contributed by atoms with van der Waals surface area (Å²) in [6.45, 7) is 2.00. The molecule has 6 heteroatoms. The van der Waals surface area contributed by atoms with Crippen molar-refractivity contribution in [2.75, 3.05) is 26.6 Å². The second-order valence-electron chi connectivity index (χ2n) is 6.16. The quantitative estimate of drug-likeness (QED) is 0.773. The molecule has 0 radical (unpaired) electrons. The summed E-state index contributed by atoms with van der Waals surface area (Å²) in [7, 11) is 4.89. The molecule has 0 unspecified atom stereocenters. The van der Waals surface area contributed by atoms with Crippen LogP contribution in [0, 0.1) is 6.92 Å². The highest BCUT2D eigenvalue weighted by Crippen LogP contribution is 2.43. The van der Waals surface area contributed by atoms with E-state index in [2.05, 4.69) is 23.5 Å². The number of aryl methyl sites for hydroxylation is 1. The van der Waals surface area contributed by atoms with Gasteiger partial charge in [0.1, 0.15) is 5.75 Å². The summed E-state index contributed by atoms with van der Waals surface area (Å²) < 4.78 is 18.5. The number of rotatable bonds is 4. The van der Waals surface area contributed by atoms with E-state index >= 15 is 0 Å². The van der Waals surface area contributed by atoms with E-state index in [1.54, 1.807) is 21.3 Å². The zero-order chi connectivity index (χ0) is 18.3. The summed E-state index contributed by atoms with van der Waals surface area (Å²) in [5, 5.41) is 8.28. The fourth-order valence-corrected chi connectivity index (χ4v) is 3.43. The first kappa shape index (κ1) is 16.3. The van der Waals surface area contributed by atoms with Crippen LogP contribution in [-0.4, -0.2) is 31.1 Å². The molecule has 1 aliphatic heterocycles. The molecule has 3 aromatic rings. The molecule has 0 bridgehead atoms. The van der Waals surface area contributed by atoms with Crippen molar-refractivity contribution in [2.45, 2.75) is 13.1 Å². The molecule has 0 fully saturated rings. The molecule has 4 rings (SSSR count). The number of aromatic nitrogens is 2. The summed E-state index contributed by atoms with van der Waals surface area (Å²) >= 11 is 0. The van der Waals surface area contributed by atoms with Crippen LogP contribution in [0.1, 0.15) is 17.4 Å². The van der Waals surface area contributed by atoms with E-state index in [-0.39, 0.29) is 6.17 Å². The normalized spacial score (nSPS) is 14.8. The van der Waals surface area contributed by atoms with Gasteiger partial charge in [-0.3, -0.25) is 0 Å². The van der Waals surface area contributed by atoms with Crippen molar-refractivity contribution < 1.29 is 14.2 Å². The number of hydrogen-bond donors (Lipinski definition) is 1. The van der Waals surface area contributed by atoms with Crippen LogP contribution in [0.2, 0.25) is 0 Å². The third-order valence-corrected chi connectivity index (χ3v) is 4.63. The monoisotopic (exact) mass is 351 g/mol. The van der Waals surface area contributed by atoms with Gasteiger partial charge in [0, 0.05) is 22.9 Å². The summed E-state index contributed by atoms with van der Waals surface area (Å²) in [6, 6.07) is 14.1. The van der Waals surface area contributed by atoms with Gasteiger partial charge >= 0.3 is 0 Å². The lowest BCUT2D eigenvalue weighted by Gasteiger charge is -2.30. The standard InChI is InChI=1S/C20H21N3O3/c1-12-9-16-13-7-5-6-8-15(13)21-20(23(16)22-12)14-10-18(25-3)19(26-4)11-17(14)24-2/h5-11,20-21H,1-4H3/t20-/m0/s1. The minimum atomic E-state index is -0.219. The number of nitrogens with zero attached hydrogens (tertiary/aromatic N) is 2. The van der Waals surface area contributed by atoms with E-state index in [1.807, 2.05) is 35.9 Å². The molecule has 0 amide bonds. The number of methoxy groups -OCH3 is 3. The van der Waals surface area contributed by atoms with Crippen LogP contribution in [0.4, 0.5) is 5.69 Å². The Morgan fingerprint density at radius 3 is 2.35 bits per heavy atom. The Labute approximate surface area is 152 Å². The lowest BCUT2D eigenvalue weighted by atomic mass is 10.0. The molecule has 6 nitrogen and oxygen atoms in total. The fraction of sp³-hybridized carbons (Fsp3) is 0.250. The maximum absolute atomic E-state index is 5.63. The molecule has 1 aromatic heterocycles. The average Bonchev–Trinajstić information content (AvgIpc) is 3.07. The molecular weight excluding hydrogens is 330 g/mol. The van der Waals surface area contributed by atoms with Gasteiger partial charge in [-0.2, -0.15) is 5.10 Å². The van der Waals surface area contributed by atoms with Crippen molar-refractivity contribution in [3.05, 3.63) is 53.7 Å². The first-order valence-corrected chi connectivity index (χ1v) is 8.38. The maximum atomic E-state index is 5.63. The van der Waals surface area contributed by atoms with E-state index in [0.717, 1.165) is 28.2 Å². The predicted octanol–water partition coefficient (Wildman–Crippen LogP) is 3.86. The number of benzene rings is 2. The highest BCUT2D eigenvalue weighted by Gasteiger charge is 2.29. The van der Waals surface area contributed by atoms with Gasteiger partial charge in [0.05, 0.1) is 32.7 Å². The maximum Gasteiger partial charge on any atom is 0.164 e. The van der Waals surface area contributed by atoms with Gasteiger partial charge in [-0.05, 0) is 25.1 Å². The summed E-state index contributed by atoms with van der Waals surface area (Å²) in [4.78, 5) is 0. The van der Waals surface area contributed by atoms with Crippen LogP contribution in [0.5, 0.6) is 17.2 Å². The topological polar surface area (TPSA) is 57.5 Å². The van der Waals surface area contributed by atoms with Gasteiger partial charge in [-0.1, -0.05) is 18.2 Å². The Bertz CT molecular complexity index is 965. The molecule has 2 heterocycles. The van der Waals surface area contributed by atoms with Crippen LogP contribution in [0.15, 0.2) is 42.5 Å². The van der Waals surface area contributed by atoms with Crippen LogP contribution >= 0.6 is 0 Å². The van der Waals surface area contributed by atoms with Crippen molar-refractivity contribution in [3.63, 3.8) is 0 Å². The van der Waals surface area contributed by atoms with Gasteiger partial charge in [0.15, 0.2) is 17.7 Å². The van der Waals surface area contributed by atoms with Crippen LogP contribution in [0.25, 0.3) is 11.3 Å². The minimum absolute atomic E-state index is 0.219. The Balaban J connectivity index is 1.92. The minimum Gasteiger partial charge on any atom is -0.496 e. The van der Waals surface area contributed by atoms with Crippen LogP contribution in [0.3, 0.4) is 0 Å². The molecule has 1 aliphatic rings. The number of nitrogens with one attached hydrogen (secondary N) is 1. The Hall–Kier alpha value is -3.15. The molecule has 134 valence electrons. The zero-order valence-electron chi connectivity index (χ0n) is 15.2. The molecule has 0 saturated carbocycles. The smallest absolute Gasteiger partial charge is 0.164 e. The summed E-state index contributed by atoms with van der Waals surface area (Å²) in [6.07, 6.45) is -0.219. The second kappa shape index (κ2) is 6.29. The first-order valence-electron chi connectivity index (χ1n) is 8.38. The highest BCUT2D eigenvalue weighted by molar-refractivity contribution is 5.79. The van der Waals surface area contributed by atoms with E-state index in [4.69, 9.17) is 19.3 Å². The SMILES string of the molecule is COc1cc(OC)c([C@H]2Nc3ccccc3-c3cc(C)nn32)cc1OC. The second-order valence-corrected chi connectivity index (χ2v) is 6.16. The Kier molecular flexibility index (Phi) is 3.95. The van der Waals surface area contributed by atoms with Crippen molar-refractivity contribution in [3.8, 4) is 28.5 Å². The third-order valence-electron chi connectivity index (χ3n) is 4.63. The van der Waals surface area contributed by atoms with Gasteiger partial charge in [-0.15, -0.1) is 0 Å². The lowest BCUT2D eigenvalue weighted by molar-refractivity contribution is 0.345. The predicted molar refractivity (Wildman–Crippen MR) is 100 cm³/mol. The van der Waals surface area contributed by atoms with Crippen molar-refractivity contribution in [2.24, 2.45) is 0 Å². The van der Waals surface area contributed by atoms with E-state index in [9.17, 15) is 0 Å². The molecule has 0 spiro atoms. The number of para-hydroxylation sites is 1. The van der Waals surface area contributed by atoms with Crippen LogP contribution in [-0.2, 0) is 0 Å². The van der Waals surface area contributed by atoms with Gasteiger partial charge in [0.25, 0.3) is 0 Å². The first-order chi connectivity index (χ1) is 12.7. The molecule has 26 heavy (non-hydrogen) atoms. The van der Waals surface area contributed by atoms with Crippen molar-refractivity contribution in [1.29, 1.82) is 0 Å². The number of ether oxygens (including phenoxy) is 3. The van der Waals surface area contributed by atoms with Crippen molar-refractivity contribution in [1.82, 2.24) is 9.78 Å². The molecule has 1 N–H and O–H groups in total. The molecule has 0 aliphatic carbocycles. The van der Waals surface area contributed by atoms with Gasteiger partial charge in [0.2, 0.25) is 0 Å². The summed E-state index contributed by atoms with van der Waals surface area (Å²) in [5.74, 6) is 1.98. The van der Waals surface area contributed by atoms with E-state index in [1.165, 1.54) is 0 Å².